The van der Waals surface area contributed by atoms with Gasteiger partial charge in [0.1, 0.15) is 0 Å². The molecular weight excluding hydrogens is 256 g/mol. The van der Waals surface area contributed by atoms with E-state index in [1.54, 1.807) is 0 Å². The van der Waals surface area contributed by atoms with Crippen molar-refractivity contribution in [3.05, 3.63) is 64.7 Å². The van der Waals surface area contributed by atoms with E-state index in [0.717, 1.165) is 25.3 Å². The van der Waals surface area contributed by atoms with Crippen LogP contribution >= 0.6 is 0 Å². The molecule has 0 radical (unpaired) electrons. The number of rotatable bonds is 2. The highest BCUT2D eigenvalue weighted by atomic mass is 15.1. The van der Waals surface area contributed by atoms with Crippen LogP contribution in [0.15, 0.2) is 42.5 Å². The van der Waals surface area contributed by atoms with Crippen molar-refractivity contribution in [2.24, 2.45) is 0 Å². The molecule has 0 bridgehead atoms. The van der Waals surface area contributed by atoms with E-state index in [0.29, 0.717) is 0 Å². The van der Waals surface area contributed by atoms with E-state index in [9.17, 15) is 0 Å². The average Bonchev–Trinajstić information content (AvgIpc) is 2.81. The predicted molar refractivity (Wildman–Crippen MR) is 88.9 cm³/mol. The zero-order valence-electron chi connectivity index (χ0n) is 13.2. The molecule has 0 fully saturated rings. The van der Waals surface area contributed by atoms with Crippen molar-refractivity contribution in [2.45, 2.75) is 45.8 Å². The lowest BCUT2D eigenvalue weighted by molar-refractivity contribution is 0.275. The van der Waals surface area contributed by atoms with E-state index < -0.39 is 0 Å². The molecule has 0 aromatic heterocycles. The summed E-state index contributed by atoms with van der Waals surface area (Å²) in [6.45, 7) is 9.90. The van der Waals surface area contributed by atoms with Crippen LogP contribution in [-0.2, 0) is 25.0 Å². The van der Waals surface area contributed by atoms with Gasteiger partial charge in [-0.25, -0.2) is 0 Å². The summed E-state index contributed by atoms with van der Waals surface area (Å²) in [5, 5.41) is 0. The Balaban J connectivity index is 1.74. The Morgan fingerprint density at radius 1 is 0.952 bits per heavy atom. The van der Waals surface area contributed by atoms with E-state index in [-0.39, 0.29) is 5.41 Å². The van der Waals surface area contributed by atoms with Crippen LogP contribution < -0.4 is 5.73 Å². The number of nitrogen functional groups attached to an aromatic ring is 1. The molecule has 0 aliphatic carbocycles. The van der Waals surface area contributed by atoms with Crippen LogP contribution in [0.1, 0.15) is 43.0 Å². The van der Waals surface area contributed by atoms with Crippen molar-refractivity contribution >= 4 is 5.69 Å². The van der Waals surface area contributed by atoms with Crippen LogP contribution in [-0.4, -0.2) is 4.90 Å². The molecule has 1 heterocycles. The zero-order valence-corrected chi connectivity index (χ0v) is 13.2. The Hall–Kier alpha value is -1.80. The van der Waals surface area contributed by atoms with Crippen molar-refractivity contribution < 1.29 is 0 Å². The Bertz CT molecular complexity index is 636. The topological polar surface area (TPSA) is 29.3 Å². The van der Waals surface area contributed by atoms with Gasteiger partial charge >= 0.3 is 0 Å². The van der Waals surface area contributed by atoms with Gasteiger partial charge in [-0.1, -0.05) is 51.1 Å². The normalized spacial score (nSPS) is 15.2. The minimum absolute atomic E-state index is 0.222. The van der Waals surface area contributed by atoms with Gasteiger partial charge in [-0.15, -0.1) is 0 Å². The van der Waals surface area contributed by atoms with Gasteiger partial charge in [0.15, 0.2) is 0 Å². The van der Waals surface area contributed by atoms with E-state index in [1.807, 2.05) is 12.1 Å². The summed E-state index contributed by atoms with van der Waals surface area (Å²) in [6.07, 6.45) is 0. The first-order valence-corrected chi connectivity index (χ1v) is 7.61. The number of anilines is 1. The monoisotopic (exact) mass is 280 g/mol. The molecule has 3 rings (SSSR count). The lowest BCUT2D eigenvalue weighted by Crippen LogP contribution is -2.15. The minimum atomic E-state index is 0.222. The number of hydrogen-bond acceptors (Lipinski definition) is 2. The summed E-state index contributed by atoms with van der Waals surface area (Å²) < 4.78 is 0. The number of hydrogen-bond donors (Lipinski definition) is 1. The first-order valence-electron chi connectivity index (χ1n) is 7.61. The van der Waals surface area contributed by atoms with Crippen LogP contribution in [0.25, 0.3) is 0 Å². The third kappa shape index (κ3) is 3.11. The van der Waals surface area contributed by atoms with Gasteiger partial charge in [0.05, 0.1) is 0 Å². The second kappa shape index (κ2) is 5.19. The molecule has 1 aliphatic heterocycles. The summed E-state index contributed by atoms with van der Waals surface area (Å²) in [5.41, 5.74) is 12.5. The molecule has 1 aliphatic rings. The number of benzene rings is 2. The predicted octanol–water partition coefficient (Wildman–Crippen LogP) is 4.08. The molecule has 2 N–H and O–H groups in total. The van der Waals surface area contributed by atoms with Crippen molar-refractivity contribution in [2.75, 3.05) is 5.73 Å². The summed E-state index contributed by atoms with van der Waals surface area (Å²) in [4.78, 5) is 2.49. The molecule has 2 nitrogen and oxygen atoms in total. The van der Waals surface area contributed by atoms with Crippen LogP contribution in [0.5, 0.6) is 0 Å². The molecule has 2 aromatic carbocycles. The van der Waals surface area contributed by atoms with E-state index in [2.05, 4.69) is 56.0 Å². The lowest BCUT2D eigenvalue weighted by atomic mass is 9.85. The Labute approximate surface area is 127 Å². The van der Waals surface area contributed by atoms with Crippen LogP contribution in [0.3, 0.4) is 0 Å². The van der Waals surface area contributed by atoms with Crippen LogP contribution in [0.4, 0.5) is 5.69 Å². The molecule has 110 valence electrons. The second-order valence-electron chi connectivity index (χ2n) is 7.12. The largest absolute Gasteiger partial charge is 0.399 e. The SMILES string of the molecule is CC(C)(C)c1ccc2c(c1)CN(Cc1ccc(N)cc1)C2. The first-order chi connectivity index (χ1) is 9.91. The number of nitrogens with two attached hydrogens (primary N) is 1. The third-order valence-corrected chi connectivity index (χ3v) is 4.25. The summed E-state index contributed by atoms with van der Waals surface area (Å²) in [7, 11) is 0. The molecule has 0 spiro atoms. The van der Waals surface area contributed by atoms with Gasteiger partial charge in [-0.2, -0.15) is 0 Å². The quantitative estimate of drug-likeness (QED) is 0.840. The average molecular weight is 280 g/mol. The summed E-state index contributed by atoms with van der Waals surface area (Å²) >= 11 is 0. The Morgan fingerprint density at radius 3 is 2.29 bits per heavy atom. The first kappa shape index (κ1) is 14.2. The maximum absolute atomic E-state index is 5.75. The van der Waals surface area contributed by atoms with E-state index in [1.165, 1.54) is 22.3 Å². The van der Waals surface area contributed by atoms with E-state index in [4.69, 9.17) is 5.73 Å². The highest BCUT2D eigenvalue weighted by Crippen LogP contribution is 2.30. The molecule has 21 heavy (non-hydrogen) atoms. The lowest BCUT2D eigenvalue weighted by Gasteiger charge is -2.19. The molecule has 0 amide bonds. The number of nitrogens with zero attached hydrogens (tertiary/aromatic N) is 1. The van der Waals surface area contributed by atoms with Crippen molar-refractivity contribution in [1.29, 1.82) is 0 Å². The molecular formula is C19H24N2. The van der Waals surface area contributed by atoms with Crippen molar-refractivity contribution in [3.63, 3.8) is 0 Å². The van der Waals surface area contributed by atoms with Gasteiger partial charge in [0.25, 0.3) is 0 Å². The molecule has 2 aromatic rings. The molecule has 2 heteroatoms. The zero-order chi connectivity index (χ0) is 15.0. The van der Waals surface area contributed by atoms with Crippen LogP contribution in [0, 0.1) is 0 Å². The van der Waals surface area contributed by atoms with Gasteiger partial charge in [-0.3, -0.25) is 4.90 Å². The number of fused-ring (bicyclic) bond motifs is 1. The molecule has 0 atom stereocenters. The maximum atomic E-state index is 5.75. The van der Waals surface area contributed by atoms with E-state index >= 15 is 0 Å². The fraction of sp³-hybridized carbons (Fsp3) is 0.368. The van der Waals surface area contributed by atoms with Gasteiger partial charge in [0, 0.05) is 25.3 Å². The minimum Gasteiger partial charge on any atom is -0.399 e. The Morgan fingerprint density at radius 2 is 1.62 bits per heavy atom. The molecule has 0 saturated carbocycles. The van der Waals surface area contributed by atoms with Crippen LogP contribution in [0.2, 0.25) is 0 Å². The van der Waals surface area contributed by atoms with Gasteiger partial charge in [0.2, 0.25) is 0 Å². The standard InChI is InChI=1S/C19H24N2/c1-19(2,3)17-7-6-15-12-21(13-16(15)10-17)11-14-4-8-18(20)9-5-14/h4-10H,11-13,20H2,1-3H3. The summed E-state index contributed by atoms with van der Waals surface area (Å²) in [6, 6.07) is 15.2. The fourth-order valence-corrected chi connectivity index (χ4v) is 2.92. The fourth-order valence-electron chi connectivity index (χ4n) is 2.92. The highest BCUT2D eigenvalue weighted by Gasteiger charge is 2.22. The van der Waals surface area contributed by atoms with Gasteiger partial charge in [-0.05, 0) is 39.8 Å². The summed E-state index contributed by atoms with van der Waals surface area (Å²) in [5.74, 6) is 0. The maximum Gasteiger partial charge on any atom is 0.0314 e. The van der Waals surface area contributed by atoms with Crippen molar-refractivity contribution in [1.82, 2.24) is 4.90 Å². The van der Waals surface area contributed by atoms with Gasteiger partial charge < -0.3 is 5.73 Å². The molecule has 0 saturated heterocycles. The smallest absolute Gasteiger partial charge is 0.0314 e. The second-order valence-corrected chi connectivity index (χ2v) is 7.12. The Kier molecular flexibility index (Phi) is 3.50. The third-order valence-electron chi connectivity index (χ3n) is 4.25. The molecule has 0 unspecified atom stereocenters. The highest BCUT2D eigenvalue weighted by molar-refractivity contribution is 5.40. The van der Waals surface area contributed by atoms with Crippen molar-refractivity contribution in [3.8, 4) is 0 Å².